The van der Waals surface area contributed by atoms with Gasteiger partial charge in [0.05, 0.1) is 16.1 Å². The molecular weight excluding hydrogens is 367 g/mol. The van der Waals surface area contributed by atoms with Crippen molar-refractivity contribution in [1.29, 1.82) is 0 Å². The van der Waals surface area contributed by atoms with Crippen molar-refractivity contribution in [3.8, 4) is 11.1 Å². The van der Waals surface area contributed by atoms with Gasteiger partial charge in [-0.2, -0.15) is 0 Å². The molecule has 1 heterocycles. The normalized spacial score (nSPS) is 10.8. The van der Waals surface area contributed by atoms with Crippen molar-refractivity contribution in [1.82, 2.24) is 10.3 Å². The van der Waals surface area contributed by atoms with E-state index in [1.165, 1.54) is 23.5 Å². The maximum Gasteiger partial charge on any atom is 0.322 e. The number of aliphatic carboxylic acids is 1. The molecule has 0 atom stereocenters. The Morgan fingerprint density at radius 2 is 1.92 bits per heavy atom. The van der Waals surface area contributed by atoms with Crippen molar-refractivity contribution in [3.05, 3.63) is 52.2 Å². The number of carbonyl (C=O) groups excluding carboxylic acids is 1. The number of benzene rings is 2. The second-order valence-electron chi connectivity index (χ2n) is 5.27. The monoisotopic (exact) mass is 378 g/mol. The van der Waals surface area contributed by atoms with E-state index in [4.69, 9.17) is 16.7 Å². The molecule has 0 fully saturated rings. The summed E-state index contributed by atoms with van der Waals surface area (Å²) < 4.78 is 13.9. The van der Waals surface area contributed by atoms with Gasteiger partial charge in [-0.15, -0.1) is 11.3 Å². The van der Waals surface area contributed by atoms with Gasteiger partial charge in [0.1, 0.15) is 22.9 Å². The highest BCUT2D eigenvalue weighted by Crippen LogP contribution is 2.34. The molecule has 0 saturated carbocycles. The summed E-state index contributed by atoms with van der Waals surface area (Å²) in [4.78, 5) is 26.5. The first kappa shape index (κ1) is 17.3. The Morgan fingerprint density at radius 3 is 2.60 bits per heavy atom. The highest BCUT2D eigenvalue weighted by Gasteiger charge is 2.13. The third-order valence-electron chi connectivity index (χ3n) is 3.42. The van der Waals surface area contributed by atoms with Crippen molar-refractivity contribution in [2.24, 2.45) is 0 Å². The van der Waals surface area contributed by atoms with Gasteiger partial charge >= 0.3 is 5.97 Å². The number of hydrogen-bond donors (Lipinski definition) is 2. The number of amides is 1. The molecule has 128 valence electrons. The fourth-order valence-electron chi connectivity index (χ4n) is 2.29. The van der Waals surface area contributed by atoms with Gasteiger partial charge in [0.25, 0.3) is 0 Å². The second kappa shape index (κ2) is 7.16. The van der Waals surface area contributed by atoms with E-state index < -0.39 is 18.4 Å². The number of nitrogens with zero attached hydrogens (tertiary/aromatic N) is 1. The molecule has 2 N–H and O–H groups in total. The fraction of sp³-hybridized carbons (Fsp3) is 0.118. The van der Waals surface area contributed by atoms with E-state index in [-0.39, 0.29) is 12.2 Å². The number of carboxylic acids is 1. The van der Waals surface area contributed by atoms with Crippen LogP contribution in [0.3, 0.4) is 0 Å². The van der Waals surface area contributed by atoms with Crippen LogP contribution >= 0.6 is 22.9 Å². The molecule has 0 aliphatic heterocycles. The number of carbonyl (C=O) groups is 2. The number of halogens is 2. The van der Waals surface area contributed by atoms with E-state index in [1.54, 1.807) is 18.2 Å². The topological polar surface area (TPSA) is 79.3 Å². The first-order chi connectivity index (χ1) is 11.9. The largest absolute Gasteiger partial charge is 0.480 e. The Kier molecular flexibility index (Phi) is 4.96. The minimum absolute atomic E-state index is 0.0190. The van der Waals surface area contributed by atoms with Crippen LogP contribution in [0.15, 0.2) is 36.4 Å². The van der Waals surface area contributed by atoms with Crippen LogP contribution in [0.4, 0.5) is 4.39 Å². The molecule has 1 aromatic heterocycles. The molecule has 0 saturated heterocycles. The number of hydrogen-bond acceptors (Lipinski definition) is 4. The van der Waals surface area contributed by atoms with E-state index in [1.807, 2.05) is 6.07 Å². The highest BCUT2D eigenvalue weighted by molar-refractivity contribution is 7.18. The zero-order valence-electron chi connectivity index (χ0n) is 12.8. The molecule has 25 heavy (non-hydrogen) atoms. The zero-order valence-corrected chi connectivity index (χ0v) is 14.3. The summed E-state index contributed by atoms with van der Waals surface area (Å²) in [6, 6.07) is 9.69. The van der Waals surface area contributed by atoms with Crippen LogP contribution < -0.4 is 5.32 Å². The van der Waals surface area contributed by atoms with Gasteiger partial charge < -0.3 is 10.4 Å². The molecule has 3 aromatic rings. The Labute approximate surface area is 151 Å². The van der Waals surface area contributed by atoms with Crippen molar-refractivity contribution in [2.75, 3.05) is 6.54 Å². The molecule has 0 bridgehead atoms. The maximum absolute atomic E-state index is 13.1. The standard InChI is InChI=1S/C17H12ClFN2O3S/c18-12-5-10(9-1-3-11(19)4-2-9)6-13-17(12)21-15(25-13)7-14(22)20-8-16(23)24/h1-6H,7-8H2,(H,20,22)(H,23,24). The average Bonchev–Trinajstić information content (AvgIpc) is 2.96. The average molecular weight is 379 g/mol. The van der Waals surface area contributed by atoms with Gasteiger partial charge in [-0.1, -0.05) is 23.7 Å². The van der Waals surface area contributed by atoms with E-state index in [2.05, 4.69) is 10.3 Å². The van der Waals surface area contributed by atoms with Crippen molar-refractivity contribution >= 4 is 45.0 Å². The molecular formula is C17H12ClFN2O3S. The van der Waals surface area contributed by atoms with E-state index in [0.29, 0.717) is 15.5 Å². The van der Waals surface area contributed by atoms with Gasteiger partial charge in [-0.05, 0) is 35.4 Å². The summed E-state index contributed by atoms with van der Waals surface area (Å²) in [5, 5.41) is 11.8. The molecule has 2 aromatic carbocycles. The molecule has 0 aliphatic carbocycles. The second-order valence-corrected chi connectivity index (χ2v) is 6.79. The molecule has 5 nitrogen and oxygen atoms in total. The summed E-state index contributed by atoms with van der Waals surface area (Å²) in [5.41, 5.74) is 2.22. The van der Waals surface area contributed by atoms with Crippen molar-refractivity contribution < 1.29 is 19.1 Å². The summed E-state index contributed by atoms with van der Waals surface area (Å²) in [5.74, 6) is -1.84. The number of carboxylic acid groups (broad SMARTS) is 1. The van der Waals surface area contributed by atoms with E-state index in [9.17, 15) is 14.0 Å². The Bertz CT molecular complexity index is 956. The van der Waals surface area contributed by atoms with Crippen LogP contribution in [-0.2, 0) is 16.0 Å². The fourth-order valence-corrected chi connectivity index (χ4v) is 3.64. The van der Waals surface area contributed by atoms with Gasteiger partial charge in [0.15, 0.2) is 0 Å². The van der Waals surface area contributed by atoms with Crippen LogP contribution in [0.2, 0.25) is 5.02 Å². The number of aromatic nitrogens is 1. The first-order valence-corrected chi connectivity index (χ1v) is 8.45. The van der Waals surface area contributed by atoms with Crippen molar-refractivity contribution in [3.63, 3.8) is 0 Å². The molecule has 3 rings (SSSR count). The van der Waals surface area contributed by atoms with E-state index >= 15 is 0 Å². The lowest BCUT2D eigenvalue weighted by molar-refractivity contribution is -0.137. The highest BCUT2D eigenvalue weighted by atomic mass is 35.5. The van der Waals surface area contributed by atoms with Crippen LogP contribution in [0.1, 0.15) is 5.01 Å². The molecule has 8 heteroatoms. The third-order valence-corrected chi connectivity index (χ3v) is 4.71. The SMILES string of the molecule is O=C(O)CNC(=O)Cc1nc2c(Cl)cc(-c3ccc(F)cc3)cc2s1. The van der Waals surface area contributed by atoms with Gasteiger partial charge in [-0.3, -0.25) is 9.59 Å². The van der Waals surface area contributed by atoms with E-state index in [0.717, 1.165) is 15.8 Å². The van der Waals surface area contributed by atoms with Crippen molar-refractivity contribution in [2.45, 2.75) is 6.42 Å². The van der Waals surface area contributed by atoms with Gasteiger partial charge in [-0.25, -0.2) is 9.37 Å². The summed E-state index contributed by atoms with van der Waals surface area (Å²) in [7, 11) is 0. The molecule has 1 amide bonds. The predicted molar refractivity (Wildman–Crippen MR) is 94.4 cm³/mol. The van der Waals surface area contributed by atoms with Gasteiger partial charge in [0.2, 0.25) is 5.91 Å². The molecule has 0 unspecified atom stereocenters. The molecule has 0 spiro atoms. The number of thiazole rings is 1. The molecule has 0 aliphatic rings. The lowest BCUT2D eigenvalue weighted by Gasteiger charge is -2.03. The predicted octanol–water partition coefficient (Wildman–Crippen LogP) is 3.50. The van der Waals surface area contributed by atoms with Crippen LogP contribution in [-0.4, -0.2) is 28.5 Å². The smallest absolute Gasteiger partial charge is 0.322 e. The van der Waals surface area contributed by atoms with Crippen LogP contribution in [0.25, 0.3) is 21.3 Å². The zero-order chi connectivity index (χ0) is 18.0. The van der Waals surface area contributed by atoms with Crippen LogP contribution in [0.5, 0.6) is 0 Å². The third kappa shape index (κ3) is 4.12. The summed E-state index contributed by atoms with van der Waals surface area (Å²) >= 11 is 7.60. The number of rotatable bonds is 5. The first-order valence-electron chi connectivity index (χ1n) is 7.26. The Morgan fingerprint density at radius 1 is 1.20 bits per heavy atom. The quantitative estimate of drug-likeness (QED) is 0.712. The minimum atomic E-state index is -1.11. The lowest BCUT2D eigenvalue weighted by atomic mass is 10.1. The Balaban J connectivity index is 1.87. The Hall–Kier alpha value is -2.51. The van der Waals surface area contributed by atoms with Gasteiger partial charge in [0, 0.05) is 0 Å². The lowest BCUT2D eigenvalue weighted by Crippen LogP contribution is -2.30. The minimum Gasteiger partial charge on any atom is -0.480 e. The summed E-state index contributed by atoms with van der Waals surface area (Å²) in [6.07, 6.45) is -0.0190. The summed E-state index contributed by atoms with van der Waals surface area (Å²) in [6.45, 7) is -0.431. The van der Waals surface area contributed by atoms with Crippen LogP contribution in [0, 0.1) is 5.82 Å². The maximum atomic E-state index is 13.1. The number of fused-ring (bicyclic) bond motifs is 1. The molecule has 0 radical (unpaired) electrons. The number of nitrogens with one attached hydrogen (secondary N) is 1.